The van der Waals surface area contributed by atoms with E-state index in [-0.39, 0.29) is 104 Å². The van der Waals surface area contributed by atoms with Crippen LogP contribution in [0.2, 0.25) is 0 Å². The molecule has 0 aromatic heterocycles. The smallest absolute Gasteiger partial charge is 0.822 e. The van der Waals surface area contributed by atoms with E-state index in [1.165, 1.54) is 0 Å². The van der Waals surface area contributed by atoms with Crippen molar-refractivity contribution in [1.29, 1.82) is 0 Å². The molecular weight excluding hydrogens is 367 g/mol. The Morgan fingerprint density at radius 3 is 1.14 bits per heavy atom. The van der Waals surface area contributed by atoms with Crippen molar-refractivity contribution >= 4 is 7.82 Å². The Morgan fingerprint density at radius 1 is 1.14 bits per heavy atom. The second-order valence-corrected chi connectivity index (χ2v) is 1.34. The Bertz CT molecular complexity index is 57.8. The van der Waals surface area contributed by atoms with Crippen LogP contribution in [0, 0.1) is 35.6 Å². The molecule has 0 radical (unpaired) electrons. The van der Waals surface area contributed by atoms with Crippen molar-refractivity contribution in [2.24, 2.45) is 0 Å². The van der Waals surface area contributed by atoms with Gasteiger partial charge in [-0.15, -0.1) is 0 Å². The van der Waals surface area contributed by atoms with E-state index in [0.29, 0.717) is 0 Å². The van der Waals surface area contributed by atoms with Crippen LogP contribution in [-0.4, -0.2) is 0 Å². The fourth-order valence-electron chi connectivity index (χ4n) is 0. The normalized spacial score (nSPS) is 8.43. The van der Waals surface area contributed by atoms with Crippen molar-refractivity contribution in [3.8, 4) is 0 Å². The maximum atomic E-state index is 8.55. The molecule has 0 rings (SSSR count). The van der Waals surface area contributed by atoms with E-state index in [9.17, 15) is 0 Å². The van der Waals surface area contributed by atoms with E-state index in [1.807, 2.05) is 0 Å². The van der Waals surface area contributed by atoms with Gasteiger partial charge in [-0.2, -0.15) is 7.82 Å². The fourth-order valence-corrected chi connectivity index (χ4v) is 0. The Balaban J connectivity index is -0.0000000800. The van der Waals surface area contributed by atoms with Gasteiger partial charge in [-0.1, -0.05) is 0 Å². The van der Waals surface area contributed by atoms with Gasteiger partial charge in [0.2, 0.25) is 0 Å². The Kier molecular flexibility index (Phi) is 17.9. The quantitative estimate of drug-likeness (QED) is 0.400. The molecule has 0 N–H and O–H groups in total. The van der Waals surface area contributed by atoms with Gasteiger partial charge in [0.25, 0.3) is 0 Å². The number of phosphoric acid groups is 1. The van der Waals surface area contributed by atoms with Crippen molar-refractivity contribution in [1.82, 2.24) is 0 Å². The molecule has 0 fully saturated rings. The largest absolute Gasteiger partial charge is 3.00 e. The summed E-state index contributed by atoms with van der Waals surface area (Å²) in [7, 11) is -5.39. The minimum absolute atomic E-state index is 0. The predicted molar refractivity (Wildman–Crippen MR) is 7.61 cm³/mol. The molecule has 0 aliphatic carbocycles. The van der Waals surface area contributed by atoms with Gasteiger partial charge in [0.15, 0.2) is 0 Å². The molecule has 0 bridgehead atoms. The first-order valence-electron chi connectivity index (χ1n) is 0.730. The number of hydrogen-bond acceptors (Lipinski definition) is 4. The third-order valence-corrected chi connectivity index (χ3v) is 0. The molecule has 0 aliphatic rings. The van der Waals surface area contributed by atoms with E-state index in [0.717, 1.165) is 0 Å². The van der Waals surface area contributed by atoms with E-state index >= 15 is 0 Å². The summed E-state index contributed by atoms with van der Waals surface area (Å²) in [5.41, 5.74) is 0. The Hall–Kier alpha value is 3.36. The second kappa shape index (κ2) is 7.46. The van der Waals surface area contributed by atoms with Crippen LogP contribution in [0.1, 0.15) is 0 Å². The van der Waals surface area contributed by atoms with Crippen LogP contribution in [-0.2, 0) is 4.57 Å². The van der Waals surface area contributed by atoms with Crippen LogP contribution in [0.5, 0.6) is 0 Å². The monoisotopic (exact) mass is 367 g/mol. The molecule has 0 aliphatic heterocycles. The molecule has 0 amide bonds. The van der Waals surface area contributed by atoms with E-state index in [4.69, 9.17) is 19.2 Å². The SMILES string of the molecule is O=P([O-])([O-])[O-].[Cs+].[La+3]. The Morgan fingerprint density at radius 2 is 1.14 bits per heavy atom. The van der Waals surface area contributed by atoms with Gasteiger partial charge in [-0.25, -0.2) is 0 Å². The van der Waals surface area contributed by atoms with Gasteiger partial charge in [-0.3, -0.25) is 0 Å². The van der Waals surface area contributed by atoms with Gasteiger partial charge in [0.05, 0.1) is 0 Å². The zero-order valence-electron chi connectivity index (χ0n) is 3.66. The van der Waals surface area contributed by atoms with Crippen LogP contribution >= 0.6 is 7.82 Å². The fraction of sp³-hybridized carbons (Fsp3) is 0. The molecule has 32 valence electrons. The molecule has 7 heteroatoms. The first-order valence-corrected chi connectivity index (χ1v) is 2.19. The van der Waals surface area contributed by atoms with Crippen molar-refractivity contribution in [2.45, 2.75) is 0 Å². The minimum Gasteiger partial charge on any atom is -0.822 e. The molecule has 0 spiro atoms. The standard InChI is InChI=1S/Cs.La.H3O4P/c;;1-5(2,3)4/h;;(H3,1,2,3,4)/q+1;+3;/p-3. The van der Waals surface area contributed by atoms with E-state index in [1.54, 1.807) is 0 Å². The van der Waals surface area contributed by atoms with Crippen molar-refractivity contribution in [2.75, 3.05) is 0 Å². The maximum absolute atomic E-state index is 8.55. The summed E-state index contributed by atoms with van der Waals surface area (Å²) in [6.07, 6.45) is 0. The second-order valence-electron chi connectivity index (χ2n) is 0.447. The van der Waals surface area contributed by atoms with Crippen molar-refractivity contribution in [3.05, 3.63) is 0 Å². The van der Waals surface area contributed by atoms with Crippen molar-refractivity contribution in [3.63, 3.8) is 0 Å². The summed E-state index contributed by atoms with van der Waals surface area (Å²) >= 11 is 0. The zero-order chi connectivity index (χ0) is 4.50. The van der Waals surface area contributed by atoms with Gasteiger partial charge in [-0.05, 0) is 0 Å². The van der Waals surface area contributed by atoms with Gasteiger partial charge in [0, 0.05) is 0 Å². The number of hydrogen-bond donors (Lipinski definition) is 0. The Labute approximate surface area is 128 Å². The summed E-state index contributed by atoms with van der Waals surface area (Å²) < 4.78 is 8.55. The first-order chi connectivity index (χ1) is 2.00. The zero-order valence-corrected chi connectivity index (χ0v) is 14.5. The minimum atomic E-state index is -5.39. The molecule has 0 heterocycles. The molecule has 0 atom stereocenters. The van der Waals surface area contributed by atoms with Crippen LogP contribution in [0.3, 0.4) is 0 Å². The summed E-state index contributed by atoms with van der Waals surface area (Å²) in [4.78, 5) is 25.6. The predicted octanol–water partition coefficient (Wildman–Crippen LogP) is -5.82. The average Bonchev–Trinajstić information content (AvgIpc) is 0.722. The summed E-state index contributed by atoms with van der Waals surface area (Å²) in [5.74, 6) is 0. The van der Waals surface area contributed by atoms with Crippen LogP contribution in [0.4, 0.5) is 0 Å². The topological polar surface area (TPSA) is 86.2 Å². The van der Waals surface area contributed by atoms with Gasteiger partial charge < -0.3 is 19.2 Å². The van der Waals surface area contributed by atoms with Crippen LogP contribution in [0.25, 0.3) is 0 Å². The molecule has 0 saturated heterocycles. The van der Waals surface area contributed by atoms with Gasteiger partial charge >= 0.3 is 104 Å². The molecule has 0 aromatic rings. The summed E-state index contributed by atoms with van der Waals surface area (Å²) in [6, 6.07) is 0. The van der Waals surface area contributed by atoms with Crippen LogP contribution in [0.15, 0.2) is 0 Å². The summed E-state index contributed by atoms with van der Waals surface area (Å²) in [6.45, 7) is 0. The van der Waals surface area contributed by atoms with Gasteiger partial charge in [0.1, 0.15) is 0 Å². The third kappa shape index (κ3) is 44.9. The van der Waals surface area contributed by atoms with Crippen molar-refractivity contribution < 1.29 is 124 Å². The average molecular weight is 367 g/mol. The summed E-state index contributed by atoms with van der Waals surface area (Å²) in [5, 5.41) is 0. The molecule has 4 nitrogen and oxygen atoms in total. The molecule has 0 saturated carbocycles. The first kappa shape index (κ1) is 16.8. The maximum Gasteiger partial charge on any atom is 3.00 e. The van der Waals surface area contributed by atoms with E-state index in [2.05, 4.69) is 0 Å². The van der Waals surface area contributed by atoms with Crippen LogP contribution < -0.4 is 83.6 Å². The molecule has 0 unspecified atom stereocenters. The molecule has 0 aromatic carbocycles. The van der Waals surface area contributed by atoms with E-state index < -0.39 is 7.82 Å². The molecular formula is CsLaO4P+. The third-order valence-electron chi connectivity index (χ3n) is 0. The molecule has 7 heavy (non-hydrogen) atoms. The number of rotatable bonds is 0.